The third-order valence-corrected chi connectivity index (χ3v) is 5.76. The van der Waals surface area contributed by atoms with E-state index in [2.05, 4.69) is 38.9 Å². The van der Waals surface area contributed by atoms with Gasteiger partial charge in [-0.2, -0.15) is 10.2 Å². The Labute approximate surface area is 195 Å². The first-order valence-electron chi connectivity index (χ1n) is 11.0. The van der Waals surface area contributed by atoms with Crippen molar-refractivity contribution in [2.75, 3.05) is 0 Å². The molecule has 166 valence electrons. The van der Waals surface area contributed by atoms with Gasteiger partial charge in [-0.15, -0.1) is 0 Å². The van der Waals surface area contributed by atoms with Gasteiger partial charge in [-0.05, 0) is 51.1 Å². The van der Waals surface area contributed by atoms with Gasteiger partial charge in [-0.1, -0.05) is 0 Å². The average molecular weight is 448 g/mol. The van der Waals surface area contributed by atoms with E-state index in [4.69, 9.17) is 10.1 Å². The zero-order valence-electron chi connectivity index (χ0n) is 19.0. The molecule has 0 atom stereocenters. The highest BCUT2D eigenvalue weighted by atomic mass is 15.3. The molecule has 0 saturated carbocycles. The van der Waals surface area contributed by atoms with Crippen LogP contribution in [0.1, 0.15) is 25.6 Å². The molecule has 0 aromatic carbocycles. The van der Waals surface area contributed by atoms with Gasteiger partial charge in [0.05, 0.1) is 23.8 Å². The van der Waals surface area contributed by atoms with Gasteiger partial charge in [0.1, 0.15) is 5.69 Å². The summed E-state index contributed by atoms with van der Waals surface area (Å²) < 4.78 is 3.79. The lowest BCUT2D eigenvalue weighted by Crippen LogP contribution is -2.02. The Hall–Kier alpha value is -4.53. The van der Waals surface area contributed by atoms with Crippen molar-refractivity contribution in [3.63, 3.8) is 0 Å². The number of hydrogen-bond acceptors (Lipinski definition) is 7. The van der Waals surface area contributed by atoms with Gasteiger partial charge in [0, 0.05) is 52.9 Å². The zero-order valence-corrected chi connectivity index (χ0v) is 19.0. The topological polar surface area (TPSA) is 99.6 Å². The van der Waals surface area contributed by atoms with E-state index in [-0.39, 0.29) is 6.04 Å². The van der Waals surface area contributed by atoms with Crippen LogP contribution in [-0.4, -0.2) is 44.3 Å². The van der Waals surface area contributed by atoms with Crippen molar-refractivity contribution in [2.45, 2.75) is 26.8 Å². The predicted molar refractivity (Wildman–Crippen MR) is 129 cm³/mol. The molecule has 6 rings (SSSR count). The lowest BCUT2D eigenvalue weighted by Gasteiger charge is -2.10. The molecule has 0 spiro atoms. The molecule has 6 heterocycles. The molecule has 0 fully saturated rings. The van der Waals surface area contributed by atoms with E-state index in [9.17, 15) is 0 Å². The first-order valence-corrected chi connectivity index (χ1v) is 11.0. The first kappa shape index (κ1) is 20.1. The first-order chi connectivity index (χ1) is 16.6. The van der Waals surface area contributed by atoms with Crippen molar-refractivity contribution < 1.29 is 0 Å². The Balaban J connectivity index is 1.55. The van der Waals surface area contributed by atoms with Gasteiger partial charge in [-0.25, -0.2) is 29.4 Å². The standard InChI is InChI=1S/C25H21N9/c1-15(2)33-14-18(12-30-33)19-11-22-29-13-21(34(22)32-16(19)3)20-10-17-6-4-7-26-24(17)31-23(20)25-27-8-5-9-28-25/h4-15H,1-3H3. The number of nitrogens with zero attached hydrogens (tertiary/aromatic N) is 9. The fraction of sp³-hybridized carbons (Fsp3) is 0.160. The largest absolute Gasteiger partial charge is 0.270 e. The molecular weight excluding hydrogens is 426 g/mol. The van der Waals surface area contributed by atoms with Crippen molar-refractivity contribution in [3.05, 3.63) is 73.2 Å². The van der Waals surface area contributed by atoms with Crippen molar-refractivity contribution in [2.24, 2.45) is 0 Å². The maximum atomic E-state index is 4.89. The summed E-state index contributed by atoms with van der Waals surface area (Å²) in [5.41, 5.74) is 6.55. The van der Waals surface area contributed by atoms with Gasteiger partial charge in [0.2, 0.25) is 0 Å². The molecule has 9 nitrogen and oxygen atoms in total. The summed E-state index contributed by atoms with van der Waals surface area (Å²) in [5.74, 6) is 0.523. The van der Waals surface area contributed by atoms with E-state index < -0.39 is 0 Å². The molecule has 0 aliphatic rings. The van der Waals surface area contributed by atoms with Crippen molar-refractivity contribution in [1.29, 1.82) is 0 Å². The van der Waals surface area contributed by atoms with Crippen LogP contribution in [-0.2, 0) is 0 Å². The summed E-state index contributed by atoms with van der Waals surface area (Å²) in [5, 5.41) is 10.3. The second-order valence-corrected chi connectivity index (χ2v) is 8.37. The summed E-state index contributed by atoms with van der Waals surface area (Å²) in [6, 6.07) is 10.0. The SMILES string of the molecule is Cc1nn2c(-c3cc4cccnc4nc3-c3ncccn3)cnc2cc1-c1cnn(C(C)C)c1. The minimum absolute atomic E-state index is 0.289. The van der Waals surface area contributed by atoms with Gasteiger partial charge < -0.3 is 0 Å². The van der Waals surface area contributed by atoms with Crippen molar-refractivity contribution in [1.82, 2.24) is 44.3 Å². The lowest BCUT2D eigenvalue weighted by atomic mass is 10.1. The van der Waals surface area contributed by atoms with Crippen molar-refractivity contribution in [3.8, 4) is 33.9 Å². The highest BCUT2D eigenvalue weighted by Crippen LogP contribution is 2.32. The van der Waals surface area contributed by atoms with Gasteiger partial charge in [0.25, 0.3) is 0 Å². The predicted octanol–water partition coefficient (Wildman–Crippen LogP) is 4.55. The normalized spacial score (nSPS) is 11.6. The number of rotatable bonds is 4. The maximum Gasteiger partial charge on any atom is 0.178 e. The smallest absolute Gasteiger partial charge is 0.178 e. The Kier molecular flexibility index (Phi) is 4.61. The van der Waals surface area contributed by atoms with Crippen LogP contribution in [0.15, 0.2) is 67.5 Å². The van der Waals surface area contributed by atoms with Crippen molar-refractivity contribution >= 4 is 16.7 Å². The van der Waals surface area contributed by atoms with E-state index in [1.165, 1.54) is 0 Å². The summed E-state index contributed by atoms with van der Waals surface area (Å²) in [4.78, 5) is 22.7. The van der Waals surface area contributed by atoms with E-state index >= 15 is 0 Å². The van der Waals surface area contributed by atoms with Crippen LogP contribution in [0.5, 0.6) is 0 Å². The Morgan fingerprint density at radius 2 is 1.71 bits per heavy atom. The van der Waals surface area contributed by atoms with Crippen LogP contribution >= 0.6 is 0 Å². The molecule has 0 aliphatic heterocycles. The number of aromatic nitrogens is 9. The van der Waals surface area contributed by atoms with E-state index in [1.807, 2.05) is 59.0 Å². The van der Waals surface area contributed by atoms with Crippen LogP contribution in [0.4, 0.5) is 0 Å². The molecule has 0 unspecified atom stereocenters. The summed E-state index contributed by atoms with van der Waals surface area (Å²) in [6.07, 6.45) is 10.9. The van der Waals surface area contributed by atoms with Crippen LogP contribution in [0, 0.1) is 6.92 Å². The molecule has 34 heavy (non-hydrogen) atoms. The molecule has 6 aromatic rings. The second kappa shape index (κ2) is 7.80. The quantitative estimate of drug-likeness (QED) is 0.391. The molecule has 0 bridgehead atoms. The number of fused-ring (bicyclic) bond motifs is 2. The minimum Gasteiger partial charge on any atom is -0.270 e. The fourth-order valence-corrected chi connectivity index (χ4v) is 4.03. The molecule has 0 N–H and O–H groups in total. The van der Waals surface area contributed by atoms with Gasteiger partial charge >= 0.3 is 0 Å². The molecule has 0 radical (unpaired) electrons. The average Bonchev–Trinajstić information content (AvgIpc) is 3.51. The lowest BCUT2D eigenvalue weighted by molar-refractivity contribution is 0.532. The molecule has 0 saturated heterocycles. The van der Waals surface area contributed by atoms with E-state index in [1.54, 1.807) is 24.7 Å². The Morgan fingerprint density at radius 3 is 2.50 bits per heavy atom. The van der Waals surface area contributed by atoms with Crippen LogP contribution < -0.4 is 0 Å². The van der Waals surface area contributed by atoms with Crippen LogP contribution in [0.3, 0.4) is 0 Å². The van der Waals surface area contributed by atoms with Crippen LogP contribution in [0.25, 0.3) is 50.6 Å². The fourth-order valence-electron chi connectivity index (χ4n) is 4.03. The summed E-state index contributed by atoms with van der Waals surface area (Å²) >= 11 is 0. The third kappa shape index (κ3) is 3.29. The molecule has 9 heteroatoms. The van der Waals surface area contributed by atoms with Crippen LogP contribution in [0.2, 0.25) is 0 Å². The highest BCUT2D eigenvalue weighted by Gasteiger charge is 2.19. The zero-order chi connectivity index (χ0) is 23.2. The second-order valence-electron chi connectivity index (χ2n) is 8.37. The highest BCUT2D eigenvalue weighted by molar-refractivity contribution is 5.88. The third-order valence-electron chi connectivity index (χ3n) is 5.76. The Bertz CT molecular complexity index is 1650. The maximum absolute atomic E-state index is 4.89. The molecular formula is C25H21N9. The Morgan fingerprint density at radius 1 is 0.882 bits per heavy atom. The minimum atomic E-state index is 0.289. The number of hydrogen-bond donors (Lipinski definition) is 0. The molecule has 0 aliphatic carbocycles. The van der Waals surface area contributed by atoms with E-state index in [0.29, 0.717) is 17.2 Å². The molecule has 6 aromatic heterocycles. The molecule has 0 amide bonds. The summed E-state index contributed by atoms with van der Waals surface area (Å²) in [6.45, 7) is 6.20. The van der Waals surface area contributed by atoms with Gasteiger partial charge in [-0.3, -0.25) is 4.68 Å². The number of aryl methyl sites for hydroxylation is 1. The monoisotopic (exact) mass is 447 g/mol. The number of pyridine rings is 2. The van der Waals surface area contributed by atoms with Gasteiger partial charge in [0.15, 0.2) is 17.1 Å². The number of imidazole rings is 1. The summed E-state index contributed by atoms with van der Waals surface area (Å²) in [7, 11) is 0. The van der Waals surface area contributed by atoms with E-state index in [0.717, 1.165) is 39.1 Å².